The van der Waals surface area contributed by atoms with Gasteiger partial charge < -0.3 is 40.8 Å². The number of rotatable bonds is 14. The van der Waals surface area contributed by atoms with Crippen LogP contribution >= 0.6 is 0 Å². The lowest BCUT2D eigenvalue weighted by Gasteiger charge is -2.29. The summed E-state index contributed by atoms with van der Waals surface area (Å²) in [6.45, 7) is 19.7. The van der Waals surface area contributed by atoms with E-state index in [-0.39, 0.29) is 77.2 Å². The topological polar surface area (TPSA) is 190 Å². The summed E-state index contributed by atoms with van der Waals surface area (Å²) >= 11 is 0. The van der Waals surface area contributed by atoms with Crippen molar-refractivity contribution in [1.29, 1.82) is 0 Å². The summed E-state index contributed by atoms with van der Waals surface area (Å²) in [4.78, 5) is 81.4. The standard InChI is InChI=1S/C46H69N5O8.C4H10O/c1-44(2,3)59-43(57)51-34-20-12-17-29(34)39(53)50-36-24-45(4,5)22-31(36)40(54)47-33-19-11-16-28(33)38(52)49-37-25-46(6,7)23-32(37)41(55)48-35-21-13-18-30(35)42(56)58-26-27-14-9-8-10-15-27;1-3-5-4-2/h8-10,14-15,28-37H,11-13,16-26H2,1-7H3,(H,47,54)(H,48,55)(H,49,52)(H,50,53)(H,51,57);3-4H2,1-2H3/t28-,29-,30-,31-,32-,33-,34-,35-,36-,37-;/m1./s1. The summed E-state index contributed by atoms with van der Waals surface area (Å²) in [7, 11) is 0. The van der Waals surface area contributed by atoms with Crippen molar-refractivity contribution >= 4 is 35.7 Å². The Hall–Kier alpha value is -4.20. The maximum atomic E-state index is 14.1. The number of alkyl carbamates (subject to hydrolysis) is 1. The van der Waals surface area contributed by atoms with Crippen molar-refractivity contribution in [2.75, 3.05) is 13.2 Å². The Balaban J connectivity index is 0.00000146. The van der Waals surface area contributed by atoms with Crippen LogP contribution in [0, 0.1) is 40.4 Å². The molecule has 14 heteroatoms. The number of amides is 5. The van der Waals surface area contributed by atoms with Crippen LogP contribution < -0.4 is 26.6 Å². The first-order valence-electron chi connectivity index (χ1n) is 24.2. The molecule has 5 amide bonds. The van der Waals surface area contributed by atoms with Gasteiger partial charge in [-0.2, -0.15) is 0 Å². The molecule has 0 aromatic heterocycles. The number of carbonyl (C=O) groups is 6. The highest BCUT2D eigenvalue weighted by Gasteiger charge is 2.49. The SMILES string of the molecule is CC1(C)C[C@@H](NC(=O)[C@@H]2CCC[C@H]2NC(=O)OC(C)(C)C)[C@H](C(=O)N[C@@H]2CCC[C@H]2C(=O)N[C@@H]2CC(C)(C)C[C@H]2C(=O)N[C@@H]2CCC[C@H]2C(=O)OCc2ccccc2)C1.CCOCC. The van der Waals surface area contributed by atoms with Crippen LogP contribution in [0.15, 0.2) is 30.3 Å². The average Bonchev–Trinajstić information content (AvgIpc) is 4.06. The molecule has 0 unspecified atom stereocenters. The predicted octanol–water partition coefficient (Wildman–Crippen LogP) is 6.88. The van der Waals surface area contributed by atoms with Crippen LogP contribution in [0.25, 0.3) is 0 Å². The Morgan fingerprint density at radius 3 is 1.39 bits per heavy atom. The van der Waals surface area contributed by atoms with E-state index in [1.165, 1.54) is 0 Å². The highest BCUT2D eigenvalue weighted by molar-refractivity contribution is 5.87. The van der Waals surface area contributed by atoms with Gasteiger partial charge >= 0.3 is 12.1 Å². The van der Waals surface area contributed by atoms with Crippen LogP contribution in [0.3, 0.4) is 0 Å². The summed E-state index contributed by atoms with van der Waals surface area (Å²) < 4.78 is 15.9. The van der Waals surface area contributed by atoms with Crippen molar-refractivity contribution in [2.24, 2.45) is 40.4 Å². The van der Waals surface area contributed by atoms with Crippen LogP contribution in [-0.4, -0.2) is 84.7 Å². The van der Waals surface area contributed by atoms with Crippen molar-refractivity contribution in [3.63, 3.8) is 0 Å². The lowest BCUT2D eigenvalue weighted by molar-refractivity contribution is -0.150. The van der Waals surface area contributed by atoms with Crippen LogP contribution in [0.1, 0.15) is 151 Å². The van der Waals surface area contributed by atoms with E-state index in [0.717, 1.165) is 38.0 Å². The van der Waals surface area contributed by atoms with Crippen molar-refractivity contribution in [3.05, 3.63) is 35.9 Å². The third-order valence-electron chi connectivity index (χ3n) is 13.9. The molecule has 5 N–H and O–H groups in total. The largest absolute Gasteiger partial charge is 0.461 e. The van der Waals surface area contributed by atoms with Crippen LogP contribution in [0.2, 0.25) is 0 Å². The molecule has 1 aromatic carbocycles. The van der Waals surface area contributed by atoms with Crippen molar-refractivity contribution in [2.45, 2.75) is 188 Å². The first-order chi connectivity index (χ1) is 30.2. The van der Waals surface area contributed by atoms with E-state index in [9.17, 15) is 28.8 Å². The second-order valence-corrected chi connectivity index (χ2v) is 21.6. The van der Waals surface area contributed by atoms with E-state index < -0.39 is 41.3 Å². The van der Waals surface area contributed by atoms with Crippen LogP contribution in [0.4, 0.5) is 4.79 Å². The number of carbonyl (C=O) groups excluding carboxylic acids is 6. The smallest absolute Gasteiger partial charge is 0.407 e. The lowest BCUT2D eigenvalue weighted by atomic mass is 9.90. The van der Waals surface area contributed by atoms with E-state index in [1.54, 1.807) is 20.8 Å². The van der Waals surface area contributed by atoms with Gasteiger partial charge in [0.1, 0.15) is 12.2 Å². The molecule has 0 bridgehead atoms. The minimum absolute atomic E-state index is 0.147. The first kappa shape index (κ1) is 50.8. The molecule has 0 heterocycles. The highest BCUT2D eigenvalue weighted by Crippen LogP contribution is 2.44. The molecule has 0 aliphatic heterocycles. The molecule has 358 valence electrons. The highest BCUT2D eigenvalue weighted by atomic mass is 16.6. The van der Waals surface area contributed by atoms with Gasteiger partial charge in [0.25, 0.3) is 0 Å². The Bertz CT molecular complexity index is 1760. The predicted molar refractivity (Wildman–Crippen MR) is 244 cm³/mol. The molecule has 0 radical (unpaired) electrons. The number of nitrogens with one attached hydrogen (secondary N) is 5. The van der Waals surface area contributed by atoms with E-state index in [4.69, 9.17) is 14.2 Å². The molecule has 6 rings (SSSR count). The molecule has 5 saturated carbocycles. The second kappa shape index (κ2) is 22.3. The van der Waals surface area contributed by atoms with Gasteiger partial charge in [0.05, 0.1) is 29.6 Å². The van der Waals surface area contributed by atoms with Gasteiger partial charge in [-0.05, 0) is 115 Å². The number of hydrogen-bond donors (Lipinski definition) is 5. The average molecular weight is 894 g/mol. The Morgan fingerprint density at radius 1 is 0.547 bits per heavy atom. The van der Waals surface area contributed by atoms with E-state index in [0.29, 0.717) is 64.2 Å². The Morgan fingerprint density at radius 2 is 0.953 bits per heavy atom. The molecule has 1 aromatic rings. The molecule has 5 aliphatic carbocycles. The van der Waals surface area contributed by atoms with Gasteiger partial charge in [0, 0.05) is 43.4 Å². The van der Waals surface area contributed by atoms with E-state index >= 15 is 0 Å². The van der Waals surface area contributed by atoms with Gasteiger partial charge in [0.2, 0.25) is 23.6 Å². The van der Waals surface area contributed by atoms with Crippen LogP contribution in [0.5, 0.6) is 0 Å². The molecular weight excluding hydrogens is 815 g/mol. The minimum Gasteiger partial charge on any atom is -0.461 e. The van der Waals surface area contributed by atoms with E-state index in [2.05, 4.69) is 54.3 Å². The zero-order valence-electron chi connectivity index (χ0n) is 40.1. The summed E-state index contributed by atoms with van der Waals surface area (Å²) in [6.07, 6.45) is 8.33. The zero-order chi connectivity index (χ0) is 46.8. The number of esters is 1. The zero-order valence-corrected chi connectivity index (χ0v) is 40.1. The van der Waals surface area contributed by atoms with Crippen molar-refractivity contribution in [1.82, 2.24) is 26.6 Å². The molecule has 64 heavy (non-hydrogen) atoms. The quantitative estimate of drug-likeness (QED) is 0.124. The van der Waals surface area contributed by atoms with Gasteiger partial charge in [0.15, 0.2) is 0 Å². The third-order valence-corrected chi connectivity index (χ3v) is 13.9. The van der Waals surface area contributed by atoms with Gasteiger partial charge in [-0.1, -0.05) is 77.3 Å². The number of benzene rings is 1. The summed E-state index contributed by atoms with van der Waals surface area (Å²) in [6, 6.07) is 7.78. The monoisotopic (exact) mass is 894 g/mol. The summed E-state index contributed by atoms with van der Waals surface area (Å²) in [5.41, 5.74) is -0.0894. The third kappa shape index (κ3) is 14.4. The fraction of sp³-hybridized carbons (Fsp3) is 0.760. The summed E-state index contributed by atoms with van der Waals surface area (Å²) in [5.74, 6) is -3.09. The van der Waals surface area contributed by atoms with Gasteiger partial charge in [-0.3, -0.25) is 24.0 Å². The first-order valence-corrected chi connectivity index (χ1v) is 24.2. The molecule has 0 spiro atoms. The van der Waals surface area contributed by atoms with Gasteiger partial charge in [-0.15, -0.1) is 0 Å². The molecule has 10 atom stereocenters. The lowest BCUT2D eigenvalue weighted by Crippen LogP contribution is -2.53. The minimum atomic E-state index is -0.649. The Labute approximate surface area is 382 Å². The fourth-order valence-corrected chi connectivity index (χ4v) is 10.9. The maximum absolute atomic E-state index is 14.1. The molecule has 5 fully saturated rings. The molecule has 14 nitrogen and oxygen atoms in total. The fourth-order valence-electron chi connectivity index (χ4n) is 10.9. The maximum Gasteiger partial charge on any atom is 0.407 e. The molecular formula is C50H79N5O9. The molecule has 0 saturated heterocycles. The molecule has 5 aliphatic rings. The van der Waals surface area contributed by atoms with Crippen molar-refractivity contribution < 1.29 is 43.0 Å². The Kier molecular flexibility index (Phi) is 17.7. The van der Waals surface area contributed by atoms with E-state index in [1.807, 2.05) is 44.2 Å². The summed E-state index contributed by atoms with van der Waals surface area (Å²) in [5, 5.41) is 15.8. The normalized spacial score (nSPS) is 30.3. The number of hydrogen-bond acceptors (Lipinski definition) is 9. The second-order valence-electron chi connectivity index (χ2n) is 21.6. The van der Waals surface area contributed by atoms with Crippen molar-refractivity contribution in [3.8, 4) is 0 Å². The van der Waals surface area contributed by atoms with Gasteiger partial charge in [-0.25, -0.2) is 4.79 Å². The number of ether oxygens (including phenoxy) is 3. The van der Waals surface area contributed by atoms with Crippen LogP contribution in [-0.2, 0) is 44.8 Å².